The molecular weight excluding hydrogens is 250 g/mol. The third-order valence-corrected chi connectivity index (χ3v) is 4.05. The summed E-state index contributed by atoms with van der Waals surface area (Å²) in [5.74, 6) is -0.0424. The van der Waals surface area contributed by atoms with Gasteiger partial charge in [0.05, 0.1) is 16.2 Å². The number of carbonyl (C=O) groups excluding carboxylic acids is 1. The van der Waals surface area contributed by atoms with E-state index in [1.807, 2.05) is 26.0 Å². The van der Waals surface area contributed by atoms with Crippen LogP contribution in [0.15, 0.2) is 18.2 Å². The molecule has 1 fully saturated rings. The van der Waals surface area contributed by atoms with E-state index >= 15 is 0 Å². The molecule has 1 aromatic rings. The van der Waals surface area contributed by atoms with Gasteiger partial charge in [-0.15, -0.1) is 0 Å². The van der Waals surface area contributed by atoms with Gasteiger partial charge in [-0.05, 0) is 38.3 Å². The van der Waals surface area contributed by atoms with Crippen LogP contribution >= 0.6 is 11.6 Å². The molecule has 0 aliphatic carbocycles. The Morgan fingerprint density at radius 2 is 2.00 bits per heavy atom. The fourth-order valence-electron chi connectivity index (χ4n) is 2.17. The van der Waals surface area contributed by atoms with Crippen molar-refractivity contribution in [1.29, 1.82) is 0 Å². The second-order valence-electron chi connectivity index (χ2n) is 5.23. The predicted molar refractivity (Wildman–Crippen MR) is 72.0 cm³/mol. The zero-order valence-corrected chi connectivity index (χ0v) is 11.5. The standard InChI is InChI=1S/C14H18ClNO2/c1-10-4-3-5-11(12(10)15)13(17)16-8-6-14(2,18)7-9-16/h3-5,18H,6-9H2,1-2H3. The monoisotopic (exact) mass is 267 g/mol. The molecule has 2 rings (SSSR count). The van der Waals surface area contributed by atoms with Crippen molar-refractivity contribution in [3.63, 3.8) is 0 Å². The number of carbonyl (C=O) groups is 1. The van der Waals surface area contributed by atoms with E-state index in [1.165, 1.54) is 0 Å². The molecule has 18 heavy (non-hydrogen) atoms. The Hall–Kier alpha value is -1.06. The maximum Gasteiger partial charge on any atom is 0.255 e. The van der Waals surface area contributed by atoms with Crippen molar-refractivity contribution in [1.82, 2.24) is 4.90 Å². The zero-order valence-electron chi connectivity index (χ0n) is 10.7. The topological polar surface area (TPSA) is 40.5 Å². The number of benzene rings is 1. The van der Waals surface area contributed by atoms with E-state index in [-0.39, 0.29) is 5.91 Å². The van der Waals surface area contributed by atoms with E-state index in [0.717, 1.165) is 5.56 Å². The maximum atomic E-state index is 12.3. The van der Waals surface area contributed by atoms with Gasteiger partial charge in [0.1, 0.15) is 0 Å². The summed E-state index contributed by atoms with van der Waals surface area (Å²) in [6, 6.07) is 5.49. The molecule has 0 unspecified atom stereocenters. The van der Waals surface area contributed by atoms with Gasteiger partial charge in [-0.3, -0.25) is 4.79 Å². The average molecular weight is 268 g/mol. The third kappa shape index (κ3) is 2.68. The van der Waals surface area contributed by atoms with Crippen molar-refractivity contribution in [3.05, 3.63) is 34.3 Å². The van der Waals surface area contributed by atoms with E-state index in [4.69, 9.17) is 11.6 Å². The Balaban J connectivity index is 2.15. The lowest BCUT2D eigenvalue weighted by Crippen LogP contribution is -2.45. The molecule has 0 bridgehead atoms. The van der Waals surface area contributed by atoms with E-state index in [1.54, 1.807) is 11.0 Å². The molecule has 1 aliphatic heterocycles. The number of hydrogen-bond acceptors (Lipinski definition) is 2. The molecule has 0 aromatic heterocycles. The van der Waals surface area contributed by atoms with Crippen LogP contribution in [0.2, 0.25) is 5.02 Å². The maximum absolute atomic E-state index is 12.3. The van der Waals surface area contributed by atoms with E-state index in [9.17, 15) is 9.90 Å². The van der Waals surface area contributed by atoms with E-state index < -0.39 is 5.60 Å². The fourth-order valence-corrected chi connectivity index (χ4v) is 2.38. The predicted octanol–water partition coefficient (Wildman–Crippen LogP) is 2.64. The Labute approximate surface area is 112 Å². The summed E-state index contributed by atoms with van der Waals surface area (Å²) in [6.45, 7) is 4.86. The van der Waals surface area contributed by atoms with Crippen molar-refractivity contribution in [2.45, 2.75) is 32.3 Å². The first kappa shape index (κ1) is 13.4. The quantitative estimate of drug-likeness (QED) is 0.850. The van der Waals surface area contributed by atoms with Crippen LogP contribution in [-0.2, 0) is 0 Å². The minimum Gasteiger partial charge on any atom is -0.390 e. The Morgan fingerprint density at radius 1 is 1.39 bits per heavy atom. The lowest BCUT2D eigenvalue weighted by atomic mass is 9.93. The first-order chi connectivity index (χ1) is 8.41. The summed E-state index contributed by atoms with van der Waals surface area (Å²) < 4.78 is 0. The van der Waals surface area contributed by atoms with Gasteiger partial charge in [0.25, 0.3) is 5.91 Å². The minimum atomic E-state index is -0.646. The molecule has 1 saturated heterocycles. The van der Waals surface area contributed by atoms with Crippen LogP contribution < -0.4 is 0 Å². The minimum absolute atomic E-state index is 0.0424. The summed E-state index contributed by atoms with van der Waals surface area (Å²) >= 11 is 6.17. The first-order valence-electron chi connectivity index (χ1n) is 6.17. The number of likely N-dealkylation sites (tertiary alicyclic amines) is 1. The number of piperidine rings is 1. The third-order valence-electron chi connectivity index (χ3n) is 3.55. The molecule has 1 N–H and O–H groups in total. The normalized spacial score (nSPS) is 18.8. The SMILES string of the molecule is Cc1cccc(C(=O)N2CCC(C)(O)CC2)c1Cl. The van der Waals surface area contributed by atoms with Crippen molar-refractivity contribution in [2.24, 2.45) is 0 Å². The molecule has 1 heterocycles. The van der Waals surface area contributed by atoms with Gasteiger partial charge in [0.15, 0.2) is 0 Å². The van der Waals surface area contributed by atoms with Gasteiger partial charge in [0.2, 0.25) is 0 Å². The first-order valence-corrected chi connectivity index (χ1v) is 6.55. The Bertz CT molecular complexity index is 461. The molecule has 1 aromatic carbocycles. The number of aryl methyl sites for hydroxylation is 1. The van der Waals surface area contributed by atoms with E-state index in [0.29, 0.717) is 36.5 Å². The Morgan fingerprint density at radius 3 is 2.61 bits per heavy atom. The highest BCUT2D eigenvalue weighted by Crippen LogP contribution is 2.26. The van der Waals surface area contributed by atoms with Crippen LogP contribution in [0.4, 0.5) is 0 Å². The summed E-state index contributed by atoms with van der Waals surface area (Å²) in [4.78, 5) is 14.1. The highest BCUT2D eigenvalue weighted by atomic mass is 35.5. The molecule has 0 saturated carbocycles. The Kier molecular flexibility index (Phi) is 3.64. The number of halogens is 1. The van der Waals surface area contributed by atoms with Crippen LogP contribution in [-0.4, -0.2) is 34.6 Å². The number of aliphatic hydroxyl groups is 1. The average Bonchev–Trinajstić information content (AvgIpc) is 2.32. The molecule has 4 heteroatoms. The smallest absolute Gasteiger partial charge is 0.255 e. The molecule has 98 valence electrons. The highest BCUT2D eigenvalue weighted by Gasteiger charge is 2.30. The second kappa shape index (κ2) is 4.90. The number of rotatable bonds is 1. The molecule has 0 radical (unpaired) electrons. The van der Waals surface area contributed by atoms with Crippen molar-refractivity contribution < 1.29 is 9.90 Å². The van der Waals surface area contributed by atoms with Crippen LogP contribution in [0.25, 0.3) is 0 Å². The number of nitrogens with zero attached hydrogens (tertiary/aromatic N) is 1. The van der Waals surface area contributed by atoms with Crippen molar-refractivity contribution >= 4 is 17.5 Å². The molecule has 3 nitrogen and oxygen atoms in total. The molecule has 0 spiro atoms. The molecule has 0 atom stereocenters. The van der Waals surface area contributed by atoms with Crippen LogP contribution in [0, 0.1) is 6.92 Å². The summed E-state index contributed by atoms with van der Waals surface area (Å²) in [6.07, 6.45) is 1.23. The van der Waals surface area contributed by atoms with Gasteiger partial charge in [-0.25, -0.2) is 0 Å². The molecule has 1 amide bonds. The summed E-state index contributed by atoms with van der Waals surface area (Å²) in [7, 11) is 0. The van der Waals surface area contributed by atoms with Gasteiger partial charge >= 0.3 is 0 Å². The van der Waals surface area contributed by atoms with Crippen LogP contribution in [0.1, 0.15) is 35.7 Å². The van der Waals surface area contributed by atoms with Crippen molar-refractivity contribution in [2.75, 3.05) is 13.1 Å². The van der Waals surface area contributed by atoms with E-state index in [2.05, 4.69) is 0 Å². The van der Waals surface area contributed by atoms with Gasteiger partial charge in [-0.2, -0.15) is 0 Å². The lowest BCUT2D eigenvalue weighted by molar-refractivity contribution is -0.00202. The van der Waals surface area contributed by atoms with Gasteiger partial charge in [-0.1, -0.05) is 23.7 Å². The largest absolute Gasteiger partial charge is 0.390 e. The van der Waals surface area contributed by atoms with Crippen molar-refractivity contribution in [3.8, 4) is 0 Å². The highest BCUT2D eigenvalue weighted by molar-refractivity contribution is 6.34. The second-order valence-corrected chi connectivity index (χ2v) is 5.60. The number of amides is 1. The zero-order chi connectivity index (χ0) is 13.3. The summed E-state index contributed by atoms with van der Waals surface area (Å²) in [5, 5.41) is 10.4. The van der Waals surface area contributed by atoms with Gasteiger partial charge in [0, 0.05) is 13.1 Å². The fraction of sp³-hybridized carbons (Fsp3) is 0.500. The van der Waals surface area contributed by atoms with Crippen LogP contribution in [0.3, 0.4) is 0 Å². The summed E-state index contributed by atoms with van der Waals surface area (Å²) in [5.41, 5.74) is 0.817. The van der Waals surface area contributed by atoms with Crippen LogP contribution in [0.5, 0.6) is 0 Å². The molecular formula is C14H18ClNO2. The molecule has 1 aliphatic rings. The lowest BCUT2D eigenvalue weighted by Gasteiger charge is -2.36. The number of hydrogen-bond donors (Lipinski definition) is 1. The van der Waals surface area contributed by atoms with Gasteiger partial charge < -0.3 is 10.0 Å².